The summed E-state index contributed by atoms with van der Waals surface area (Å²) in [5.74, 6) is 0.332. The van der Waals surface area contributed by atoms with Gasteiger partial charge in [0.05, 0.1) is 19.2 Å². The van der Waals surface area contributed by atoms with Gasteiger partial charge in [0.2, 0.25) is 11.9 Å². The largest absolute Gasteiger partial charge is 0.394 e. The molecule has 1 aromatic carbocycles. The summed E-state index contributed by atoms with van der Waals surface area (Å²) < 4.78 is 0. The highest BCUT2D eigenvalue weighted by molar-refractivity contribution is 5.85. The van der Waals surface area contributed by atoms with Crippen LogP contribution in [0.4, 0.5) is 5.95 Å². The van der Waals surface area contributed by atoms with Gasteiger partial charge in [-0.3, -0.25) is 9.69 Å². The van der Waals surface area contributed by atoms with E-state index in [4.69, 9.17) is 5.73 Å². The molecule has 28 heavy (non-hydrogen) atoms. The number of hydrogen-bond donors (Lipinski definition) is 2. The summed E-state index contributed by atoms with van der Waals surface area (Å²) in [5, 5.41) is 9.46. The molecule has 1 aliphatic heterocycles. The molecule has 0 bridgehead atoms. The summed E-state index contributed by atoms with van der Waals surface area (Å²) in [5.41, 5.74) is 8.30. The number of hydrogen-bond acceptors (Lipinski definition) is 6. The highest BCUT2D eigenvalue weighted by Crippen LogP contribution is 2.24. The SMILES string of the molecule is CN(CC(N)=O)Cc1cccc(-c2cnc(N3CCC[C@@H]3CO)nc2)c1.Cl.Cl. The monoisotopic (exact) mass is 427 g/mol. The number of aromatic nitrogens is 2. The van der Waals surface area contributed by atoms with E-state index < -0.39 is 0 Å². The zero-order valence-corrected chi connectivity index (χ0v) is 17.5. The lowest BCUT2D eigenvalue weighted by Crippen LogP contribution is -2.33. The number of rotatable bonds is 7. The fraction of sp³-hybridized carbons (Fsp3) is 0.421. The van der Waals surface area contributed by atoms with E-state index >= 15 is 0 Å². The highest BCUT2D eigenvalue weighted by Gasteiger charge is 2.25. The number of nitrogens with zero attached hydrogens (tertiary/aromatic N) is 4. The molecule has 154 valence electrons. The molecule has 1 aromatic heterocycles. The zero-order valence-electron chi connectivity index (χ0n) is 15.8. The molecule has 3 rings (SSSR count). The van der Waals surface area contributed by atoms with Gasteiger partial charge in [0.15, 0.2) is 0 Å². The Hall–Kier alpha value is -1.93. The molecule has 1 fully saturated rings. The van der Waals surface area contributed by atoms with Crippen LogP contribution in [0, 0.1) is 0 Å². The first kappa shape index (κ1) is 24.1. The van der Waals surface area contributed by atoms with Crippen molar-refractivity contribution in [2.24, 2.45) is 5.73 Å². The van der Waals surface area contributed by atoms with Gasteiger partial charge in [-0.1, -0.05) is 18.2 Å². The van der Waals surface area contributed by atoms with Crippen LogP contribution in [0.15, 0.2) is 36.7 Å². The van der Waals surface area contributed by atoms with Gasteiger partial charge in [0.25, 0.3) is 0 Å². The van der Waals surface area contributed by atoms with Gasteiger partial charge >= 0.3 is 0 Å². The number of benzene rings is 1. The summed E-state index contributed by atoms with van der Waals surface area (Å²) in [7, 11) is 1.86. The third-order valence-electron chi connectivity index (χ3n) is 4.62. The number of anilines is 1. The molecule has 0 aliphatic carbocycles. The Labute approximate surface area is 177 Å². The minimum atomic E-state index is -0.337. The molecule has 1 amide bonds. The van der Waals surface area contributed by atoms with E-state index in [1.807, 2.05) is 42.5 Å². The minimum absolute atomic E-state index is 0. The summed E-state index contributed by atoms with van der Waals surface area (Å²) >= 11 is 0. The van der Waals surface area contributed by atoms with Crippen molar-refractivity contribution in [2.45, 2.75) is 25.4 Å². The molecule has 1 aliphatic rings. The van der Waals surface area contributed by atoms with E-state index in [1.165, 1.54) is 0 Å². The molecule has 1 atom stereocenters. The molecule has 2 aromatic rings. The first-order valence-electron chi connectivity index (χ1n) is 8.82. The number of likely N-dealkylation sites (N-methyl/N-ethyl adjacent to an activating group) is 1. The number of aliphatic hydroxyl groups is 1. The summed E-state index contributed by atoms with van der Waals surface area (Å²) in [4.78, 5) is 24.0. The quantitative estimate of drug-likeness (QED) is 0.699. The number of amides is 1. The Balaban J connectivity index is 0.00000196. The Bertz CT molecular complexity index is 760. The second-order valence-electron chi connectivity index (χ2n) is 6.78. The predicted octanol–water partition coefficient (Wildman–Crippen LogP) is 1.87. The average molecular weight is 428 g/mol. The third kappa shape index (κ3) is 6.04. The molecular formula is C19H27Cl2N5O2. The van der Waals surface area contributed by atoms with Crippen LogP contribution < -0.4 is 10.6 Å². The van der Waals surface area contributed by atoms with Crippen molar-refractivity contribution in [1.82, 2.24) is 14.9 Å². The van der Waals surface area contributed by atoms with E-state index in [9.17, 15) is 9.90 Å². The lowest BCUT2D eigenvalue weighted by molar-refractivity contribution is -0.118. The summed E-state index contributed by atoms with van der Waals surface area (Å²) in [6, 6.07) is 8.21. The third-order valence-corrected chi connectivity index (χ3v) is 4.62. The number of carbonyl (C=O) groups is 1. The van der Waals surface area contributed by atoms with E-state index in [-0.39, 0.29) is 49.9 Å². The van der Waals surface area contributed by atoms with Crippen LogP contribution >= 0.6 is 24.8 Å². The number of nitrogens with two attached hydrogens (primary N) is 1. The van der Waals surface area contributed by atoms with Crippen LogP contribution in [-0.2, 0) is 11.3 Å². The maximum atomic E-state index is 11.0. The Morgan fingerprint density at radius 2 is 2.00 bits per heavy atom. The van der Waals surface area contributed by atoms with E-state index in [2.05, 4.69) is 20.9 Å². The number of primary amides is 1. The molecule has 2 heterocycles. The van der Waals surface area contributed by atoms with Crippen LogP contribution in [0.5, 0.6) is 0 Å². The Morgan fingerprint density at radius 1 is 1.29 bits per heavy atom. The van der Waals surface area contributed by atoms with Crippen molar-refractivity contribution in [2.75, 3.05) is 31.6 Å². The van der Waals surface area contributed by atoms with Crippen LogP contribution in [-0.4, -0.2) is 58.7 Å². The molecule has 9 heteroatoms. The van der Waals surface area contributed by atoms with Crippen molar-refractivity contribution in [3.63, 3.8) is 0 Å². The normalized spacial score (nSPS) is 15.8. The first-order chi connectivity index (χ1) is 12.6. The summed E-state index contributed by atoms with van der Waals surface area (Å²) in [6.07, 6.45) is 5.67. The molecule has 0 radical (unpaired) electrons. The smallest absolute Gasteiger partial charge is 0.231 e. The molecule has 7 nitrogen and oxygen atoms in total. The fourth-order valence-electron chi connectivity index (χ4n) is 3.39. The average Bonchev–Trinajstić information content (AvgIpc) is 3.10. The van der Waals surface area contributed by atoms with Gasteiger partial charge in [-0.25, -0.2) is 9.97 Å². The van der Waals surface area contributed by atoms with Crippen molar-refractivity contribution < 1.29 is 9.90 Å². The van der Waals surface area contributed by atoms with Crippen LogP contribution in [0.3, 0.4) is 0 Å². The molecule has 3 N–H and O–H groups in total. The van der Waals surface area contributed by atoms with Gasteiger partial charge in [0, 0.05) is 31.0 Å². The number of aliphatic hydroxyl groups excluding tert-OH is 1. The maximum absolute atomic E-state index is 11.0. The van der Waals surface area contributed by atoms with Gasteiger partial charge in [-0.15, -0.1) is 24.8 Å². The molecular weight excluding hydrogens is 401 g/mol. The van der Waals surface area contributed by atoms with E-state index in [0.29, 0.717) is 12.5 Å². The minimum Gasteiger partial charge on any atom is -0.394 e. The lowest BCUT2D eigenvalue weighted by atomic mass is 10.1. The highest BCUT2D eigenvalue weighted by atomic mass is 35.5. The second kappa shape index (κ2) is 11.2. The van der Waals surface area contributed by atoms with Crippen molar-refractivity contribution >= 4 is 36.7 Å². The van der Waals surface area contributed by atoms with Gasteiger partial charge in [-0.2, -0.15) is 0 Å². The van der Waals surface area contributed by atoms with Gasteiger partial charge in [0.1, 0.15) is 0 Å². The second-order valence-corrected chi connectivity index (χ2v) is 6.78. The van der Waals surface area contributed by atoms with Crippen molar-refractivity contribution in [3.8, 4) is 11.1 Å². The van der Waals surface area contributed by atoms with Crippen LogP contribution in [0.1, 0.15) is 18.4 Å². The molecule has 0 saturated carbocycles. The maximum Gasteiger partial charge on any atom is 0.231 e. The summed E-state index contributed by atoms with van der Waals surface area (Å²) in [6.45, 7) is 1.88. The van der Waals surface area contributed by atoms with E-state index in [0.717, 1.165) is 36.1 Å². The zero-order chi connectivity index (χ0) is 18.5. The fourth-order valence-corrected chi connectivity index (χ4v) is 3.39. The molecule has 0 spiro atoms. The topological polar surface area (TPSA) is 95.6 Å². The van der Waals surface area contributed by atoms with Gasteiger partial charge < -0.3 is 15.7 Å². The lowest BCUT2D eigenvalue weighted by Gasteiger charge is -2.22. The Morgan fingerprint density at radius 3 is 2.64 bits per heavy atom. The number of carbonyl (C=O) groups excluding carboxylic acids is 1. The molecule has 0 unspecified atom stereocenters. The van der Waals surface area contributed by atoms with Crippen LogP contribution in [0.25, 0.3) is 11.1 Å². The number of halogens is 2. The van der Waals surface area contributed by atoms with Crippen molar-refractivity contribution in [1.29, 1.82) is 0 Å². The first-order valence-corrected chi connectivity index (χ1v) is 8.82. The molecule has 1 saturated heterocycles. The Kier molecular flexibility index (Phi) is 9.61. The standard InChI is InChI=1S/C19H25N5O2.2ClH/c1-23(12-18(20)26)11-14-4-2-5-15(8-14)16-9-21-19(22-10-16)24-7-3-6-17(24)13-25;;/h2,4-5,8-10,17,25H,3,6-7,11-13H2,1H3,(H2,20,26);2*1H/t17-;;/m1../s1. The van der Waals surface area contributed by atoms with Gasteiger partial charge in [-0.05, 0) is 37.1 Å². The predicted molar refractivity (Wildman–Crippen MR) is 115 cm³/mol. The van der Waals surface area contributed by atoms with Crippen molar-refractivity contribution in [3.05, 3.63) is 42.2 Å². The van der Waals surface area contributed by atoms with Crippen LogP contribution in [0.2, 0.25) is 0 Å². The van der Waals surface area contributed by atoms with E-state index in [1.54, 1.807) is 0 Å².